The fraction of sp³-hybridized carbons (Fsp3) is 0.400. The highest BCUT2D eigenvalue weighted by Gasteiger charge is 2.22. The lowest BCUT2D eigenvalue weighted by molar-refractivity contribution is 0.125. The minimum atomic E-state index is -0.100. The smallest absolute Gasteiger partial charge is 0.322 e. The Kier molecular flexibility index (Phi) is 4.95. The summed E-state index contributed by atoms with van der Waals surface area (Å²) in [5, 5.41) is 9.03. The van der Waals surface area contributed by atoms with Gasteiger partial charge in [0.05, 0.1) is 11.9 Å². The van der Waals surface area contributed by atoms with Gasteiger partial charge in [0, 0.05) is 68.8 Å². The lowest BCUT2D eigenvalue weighted by Crippen LogP contribution is -2.51. The Morgan fingerprint density at radius 2 is 1.79 bits per heavy atom. The molecule has 28 heavy (non-hydrogen) atoms. The van der Waals surface area contributed by atoms with Crippen molar-refractivity contribution in [1.82, 2.24) is 29.5 Å². The van der Waals surface area contributed by atoms with Crippen LogP contribution in [0.4, 0.5) is 10.6 Å². The van der Waals surface area contributed by atoms with Gasteiger partial charge < -0.3 is 4.90 Å². The predicted octanol–water partition coefficient (Wildman–Crippen LogP) is 2.59. The Labute approximate surface area is 164 Å². The van der Waals surface area contributed by atoms with E-state index in [1.165, 1.54) is 0 Å². The summed E-state index contributed by atoms with van der Waals surface area (Å²) in [7, 11) is 1.88. The van der Waals surface area contributed by atoms with Crippen LogP contribution in [0.25, 0.3) is 22.0 Å². The van der Waals surface area contributed by atoms with E-state index in [-0.39, 0.29) is 6.03 Å². The van der Waals surface area contributed by atoms with E-state index in [1.807, 2.05) is 30.3 Å². The molecule has 0 unspecified atom stereocenters. The number of amides is 2. The van der Waals surface area contributed by atoms with Crippen LogP contribution in [0, 0.1) is 0 Å². The Bertz CT molecular complexity index is 989. The molecule has 0 saturated carbocycles. The van der Waals surface area contributed by atoms with E-state index in [4.69, 9.17) is 0 Å². The highest BCUT2D eigenvalue weighted by atomic mass is 16.2. The van der Waals surface area contributed by atoms with Crippen LogP contribution in [0.5, 0.6) is 0 Å². The van der Waals surface area contributed by atoms with Gasteiger partial charge >= 0.3 is 6.03 Å². The first-order chi connectivity index (χ1) is 13.5. The molecule has 1 saturated heterocycles. The molecule has 0 radical (unpaired) electrons. The third-order valence-electron chi connectivity index (χ3n) is 5.17. The highest BCUT2D eigenvalue weighted by molar-refractivity contribution is 5.92. The van der Waals surface area contributed by atoms with Crippen molar-refractivity contribution in [3.8, 4) is 11.3 Å². The number of piperazine rings is 1. The van der Waals surface area contributed by atoms with E-state index in [1.54, 1.807) is 23.3 Å². The van der Waals surface area contributed by atoms with Crippen molar-refractivity contribution in [2.24, 2.45) is 7.05 Å². The quantitative estimate of drug-likeness (QED) is 0.757. The molecule has 0 aliphatic carbocycles. The number of fused-ring (bicyclic) bond motifs is 1. The molecule has 4 rings (SSSR count). The van der Waals surface area contributed by atoms with Gasteiger partial charge in [-0.25, -0.2) is 9.78 Å². The maximum atomic E-state index is 12.6. The van der Waals surface area contributed by atoms with Gasteiger partial charge in [0.25, 0.3) is 0 Å². The van der Waals surface area contributed by atoms with E-state index in [2.05, 4.69) is 39.1 Å². The molecule has 1 aliphatic rings. The van der Waals surface area contributed by atoms with E-state index in [0.29, 0.717) is 11.9 Å². The summed E-state index contributed by atoms with van der Waals surface area (Å²) in [6, 6.07) is 4.29. The van der Waals surface area contributed by atoms with E-state index >= 15 is 0 Å². The summed E-state index contributed by atoms with van der Waals surface area (Å²) in [6.45, 7) is 7.62. The number of pyridine rings is 2. The largest absolute Gasteiger partial charge is 0.323 e. The molecule has 2 amide bonds. The summed E-state index contributed by atoms with van der Waals surface area (Å²) < 4.78 is 1.75. The molecule has 0 spiro atoms. The normalized spacial score (nSPS) is 15.4. The molecule has 1 aliphatic heterocycles. The second-order valence-electron chi connectivity index (χ2n) is 7.44. The monoisotopic (exact) mass is 379 g/mol. The van der Waals surface area contributed by atoms with Crippen LogP contribution in [0.1, 0.15) is 13.8 Å². The number of rotatable bonds is 3. The standard InChI is InChI=1S/C20H25N7O/c1-14(2)26-4-6-27(7-5-26)20(28)24-19-9-15-8-18(17-12-23-25(3)13-17)21-10-16(15)11-22-19/h8-14H,4-7H2,1-3H3,(H,22,24,28). The molecule has 3 aromatic rings. The minimum absolute atomic E-state index is 0.100. The third-order valence-corrected chi connectivity index (χ3v) is 5.17. The van der Waals surface area contributed by atoms with Crippen LogP contribution in [-0.4, -0.2) is 67.8 Å². The zero-order valence-electron chi connectivity index (χ0n) is 16.5. The predicted molar refractivity (Wildman–Crippen MR) is 109 cm³/mol. The number of urea groups is 1. The summed E-state index contributed by atoms with van der Waals surface area (Å²) in [4.78, 5) is 25.7. The average Bonchev–Trinajstić information content (AvgIpc) is 3.14. The molecular formula is C20H25N7O. The van der Waals surface area contributed by atoms with Gasteiger partial charge in [-0.3, -0.25) is 19.9 Å². The molecule has 0 atom stereocenters. The number of hydrogen-bond donors (Lipinski definition) is 1. The first kappa shape index (κ1) is 18.4. The Morgan fingerprint density at radius 3 is 2.46 bits per heavy atom. The Hall–Kier alpha value is -3.00. The summed E-state index contributed by atoms with van der Waals surface area (Å²) in [5.74, 6) is 0.548. The molecular weight excluding hydrogens is 354 g/mol. The topological polar surface area (TPSA) is 79.2 Å². The maximum absolute atomic E-state index is 12.6. The third kappa shape index (κ3) is 3.82. The van der Waals surface area contributed by atoms with Crippen molar-refractivity contribution in [3.05, 3.63) is 36.9 Å². The number of carbonyl (C=O) groups is 1. The van der Waals surface area contributed by atoms with E-state index < -0.39 is 0 Å². The number of anilines is 1. The van der Waals surface area contributed by atoms with Crippen molar-refractivity contribution in [2.75, 3.05) is 31.5 Å². The molecule has 1 N–H and O–H groups in total. The van der Waals surface area contributed by atoms with Crippen LogP contribution in [0.2, 0.25) is 0 Å². The molecule has 8 heteroatoms. The highest BCUT2D eigenvalue weighted by Crippen LogP contribution is 2.23. The molecule has 4 heterocycles. The SMILES string of the molecule is CC(C)N1CCN(C(=O)Nc2cc3cc(-c4cnn(C)c4)ncc3cn2)CC1. The zero-order valence-corrected chi connectivity index (χ0v) is 16.5. The van der Waals surface area contributed by atoms with Crippen LogP contribution >= 0.6 is 0 Å². The molecule has 146 valence electrons. The summed E-state index contributed by atoms with van der Waals surface area (Å²) in [5.41, 5.74) is 1.80. The molecule has 8 nitrogen and oxygen atoms in total. The number of nitrogens with one attached hydrogen (secondary N) is 1. The number of hydrogen-bond acceptors (Lipinski definition) is 5. The van der Waals surface area contributed by atoms with Gasteiger partial charge in [0.2, 0.25) is 0 Å². The van der Waals surface area contributed by atoms with Crippen molar-refractivity contribution in [2.45, 2.75) is 19.9 Å². The molecule has 0 aromatic carbocycles. The number of aryl methyl sites for hydroxylation is 1. The van der Waals surface area contributed by atoms with Crippen molar-refractivity contribution < 1.29 is 4.79 Å². The number of nitrogens with zero attached hydrogens (tertiary/aromatic N) is 6. The molecule has 0 bridgehead atoms. The lowest BCUT2D eigenvalue weighted by Gasteiger charge is -2.36. The van der Waals surface area contributed by atoms with Crippen LogP contribution in [0.3, 0.4) is 0 Å². The minimum Gasteiger partial charge on any atom is -0.322 e. The number of aromatic nitrogens is 4. The van der Waals surface area contributed by atoms with Crippen molar-refractivity contribution >= 4 is 22.6 Å². The van der Waals surface area contributed by atoms with E-state index in [9.17, 15) is 4.79 Å². The van der Waals surface area contributed by atoms with Crippen LogP contribution in [0.15, 0.2) is 36.9 Å². The van der Waals surface area contributed by atoms with Crippen molar-refractivity contribution in [1.29, 1.82) is 0 Å². The fourth-order valence-corrected chi connectivity index (χ4v) is 3.45. The van der Waals surface area contributed by atoms with Gasteiger partial charge in [-0.1, -0.05) is 0 Å². The van der Waals surface area contributed by atoms with E-state index in [0.717, 1.165) is 48.2 Å². The van der Waals surface area contributed by atoms with Gasteiger partial charge in [0.15, 0.2) is 0 Å². The average molecular weight is 379 g/mol. The lowest BCUT2D eigenvalue weighted by atomic mass is 10.1. The molecule has 3 aromatic heterocycles. The summed E-state index contributed by atoms with van der Waals surface area (Å²) in [6.07, 6.45) is 7.24. The summed E-state index contributed by atoms with van der Waals surface area (Å²) >= 11 is 0. The maximum Gasteiger partial charge on any atom is 0.323 e. The van der Waals surface area contributed by atoms with Gasteiger partial charge in [0.1, 0.15) is 5.82 Å². The van der Waals surface area contributed by atoms with Crippen LogP contribution in [-0.2, 0) is 7.05 Å². The fourth-order valence-electron chi connectivity index (χ4n) is 3.45. The second-order valence-corrected chi connectivity index (χ2v) is 7.44. The first-order valence-corrected chi connectivity index (χ1v) is 9.54. The van der Waals surface area contributed by atoms with Gasteiger partial charge in [-0.15, -0.1) is 0 Å². The number of carbonyl (C=O) groups excluding carboxylic acids is 1. The van der Waals surface area contributed by atoms with Crippen molar-refractivity contribution in [3.63, 3.8) is 0 Å². The zero-order chi connectivity index (χ0) is 19.7. The molecule has 1 fully saturated rings. The Morgan fingerprint density at radius 1 is 1.04 bits per heavy atom. The Balaban J connectivity index is 1.49. The first-order valence-electron chi connectivity index (χ1n) is 9.54. The second kappa shape index (κ2) is 7.55. The van der Waals surface area contributed by atoms with Gasteiger partial charge in [-0.2, -0.15) is 5.10 Å². The van der Waals surface area contributed by atoms with Crippen LogP contribution < -0.4 is 5.32 Å². The van der Waals surface area contributed by atoms with Gasteiger partial charge in [-0.05, 0) is 31.4 Å².